The molecule has 0 aliphatic rings. The van der Waals surface area contributed by atoms with Crippen LogP contribution >= 0.6 is 0 Å². The second-order valence-corrected chi connectivity index (χ2v) is 7.77. The van der Waals surface area contributed by atoms with E-state index in [1.165, 1.54) is 24.3 Å². The van der Waals surface area contributed by atoms with Crippen molar-refractivity contribution in [2.45, 2.75) is 33.1 Å². The molecule has 2 nitrogen and oxygen atoms in total. The summed E-state index contributed by atoms with van der Waals surface area (Å²) in [5.74, 6) is -0.364. The molecule has 0 radical (unpaired) electrons. The summed E-state index contributed by atoms with van der Waals surface area (Å²) >= 11 is 0. The molecule has 0 aromatic heterocycles. The Morgan fingerprint density at radius 2 is 1.33 bits per heavy atom. The monoisotopic (exact) mass is 407 g/mol. The van der Waals surface area contributed by atoms with Crippen molar-refractivity contribution < 1.29 is 13.6 Å². The lowest BCUT2D eigenvalue weighted by Crippen LogP contribution is -2.28. The third kappa shape index (κ3) is 5.76. The molecule has 0 bridgehead atoms. The highest BCUT2D eigenvalue weighted by molar-refractivity contribution is 5.97. The third-order valence-electron chi connectivity index (χ3n) is 5.21. The quantitative estimate of drug-likeness (QED) is 0.434. The molecule has 0 saturated carbocycles. The Balaban J connectivity index is 1.92. The van der Waals surface area contributed by atoms with E-state index < -0.39 is 0 Å². The lowest BCUT2D eigenvalue weighted by molar-refractivity contribution is 0.0947. The average Bonchev–Trinajstić information content (AvgIpc) is 2.76. The van der Waals surface area contributed by atoms with Crippen LogP contribution in [0.15, 0.2) is 66.7 Å². The van der Waals surface area contributed by atoms with Crippen molar-refractivity contribution in [2.75, 3.05) is 6.54 Å². The fraction of sp³-hybridized carbons (Fsp3) is 0.269. The maximum atomic E-state index is 13.4. The molecule has 1 atom stereocenters. The minimum atomic E-state index is -0.313. The molecule has 3 aromatic rings. The van der Waals surface area contributed by atoms with E-state index in [4.69, 9.17) is 0 Å². The molecule has 0 aliphatic carbocycles. The van der Waals surface area contributed by atoms with Gasteiger partial charge in [0.2, 0.25) is 0 Å². The van der Waals surface area contributed by atoms with Crippen molar-refractivity contribution in [1.29, 1.82) is 0 Å². The van der Waals surface area contributed by atoms with Gasteiger partial charge in [0.1, 0.15) is 11.6 Å². The molecule has 1 amide bonds. The number of rotatable bonds is 8. The van der Waals surface area contributed by atoms with Gasteiger partial charge in [0.05, 0.1) is 0 Å². The summed E-state index contributed by atoms with van der Waals surface area (Å²) in [7, 11) is 0. The Morgan fingerprint density at radius 3 is 1.80 bits per heavy atom. The minimum absolute atomic E-state index is 0.148. The van der Waals surface area contributed by atoms with Crippen molar-refractivity contribution in [1.82, 2.24) is 5.32 Å². The summed E-state index contributed by atoms with van der Waals surface area (Å²) in [4.78, 5) is 12.9. The number of nitrogens with one attached hydrogen (secondary N) is 1. The summed E-state index contributed by atoms with van der Waals surface area (Å²) in [5, 5.41) is 3.02. The van der Waals surface area contributed by atoms with Crippen molar-refractivity contribution >= 4 is 5.91 Å². The van der Waals surface area contributed by atoms with Gasteiger partial charge in [-0.3, -0.25) is 4.79 Å². The van der Waals surface area contributed by atoms with Crippen LogP contribution in [0.5, 0.6) is 0 Å². The van der Waals surface area contributed by atoms with Gasteiger partial charge in [-0.2, -0.15) is 0 Å². The Labute approximate surface area is 177 Å². The standard InChI is InChI=1S/C26H27F2NO/c1-3-4-5-18(2)17-29-26(30)23-15-21(19-6-10-24(27)11-7-19)14-22(16-23)20-8-12-25(28)13-9-20/h6-16,18H,3-5,17H2,1-2H3,(H,29,30)/t18-/m0/s1. The van der Waals surface area contributed by atoms with E-state index in [-0.39, 0.29) is 17.5 Å². The fourth-order valence-electron chi connectivity index (χ4n) is 3.40. The van der Waals surface area contributed by atoms with Crippen molar-refractivity contribution in [3.63, 3.8) is 0 Å². The maximum absolute atomic E-state index is 13.4. The van der Waals surface area contributed by atoms with Crippen LogP contribution in [0.4, 0.5) is 8.78 Å². The second-order valence-electron chi connectivity index (χ2n) is 7.77. The van der Waals surface area contributed by atoms with Gasteiger partial charge in [0.15, 0.2) is 0 Å². The number of carbonyl (C=O) groups excluding carboxylic acids is 1. The average molecular weight is 408 g/mol. The maximum Gasteiger partial charge on any atom is 0.251 e. The van der Waals surface area contributed by atoms with Gasteiger partial charge in [-0.15, -0.1) is 0 Å². The third-order valence-corrected chi connectivity index (χ3v) is 5.21. The molecular formula is C26H27F2NO. The Kier molecular flexibility index (Phi) is 7.34. The van der Waals surface area contributed by atoms with Gasteiger partial charge in [0, 0.05) is 12.1 Å². The number of hydrogen-bond donors (Lipinski definition) is 1. The molecule has 3 rings (SSSR count). The highest BCUT2D eigenvalue weighted by Gasteiger charge is 2.13. The summed E-state index contributed by atoms with van der Waals surface area (Å²) in [6.45, 7) is 4.91. The molecule has 0 unspecified atom stereocenters. The minimum Gasteiger partial charge on any atom is -0.352 e. The molecule has 30 heavy (non-hydrogen) atoms. The van der Waals surface area contributed by atoms with Crippen LogP contribution in [0, 0.1) is 17.6 Å². The highest BCUT2D eigenvalue weighted by Crippen LogP contribution is 2.29. The van der Waals surface area contributed by atoms with Crippen LogP contribution in [-0.2, 0) is 0 Å². The van der Waals surface area contributed by atoms with Gasteiger partial charge in [-0.25, -0.2) is 8.78 Å². The number of unbranched alkanes of at least 4 members (excludes halogenated alkanes) is 1. The first-order valence-electron chi connectivity index (χ1n) is 10.4. The summed E-state index contributed by atoms with van der Waals surface area (Å²) < 4.78 is 26.7. The molecular weight excluding hydrogens is 380 g/mol. The van der Waals surface area contributed by atoms with E-state index in [2.05, 4.69) is 19.2 Å². The molecule has 0 fully saturated rings. The first-order valence-corrected chi connectivity index (χ1v) is 10.4. The molecule has 0 saturated heterocycles. The van der Waals surface area contributed by atoms with Crippen LogP contribution in [0.2, 0.25) is 0 Å². The zero-order valence-electron chi connectivity index (χ0n) is 17.4. The van der Waals surface area contributed by atoms with Crippen LogP contribution in [0.3, 0.4) is 0 Å². The van der Waals surface area contributed by atoms with Crippen LogP contribution in [0.1, 0.15) is 43.5 Å². The van der Waals surface area contributed by atoms with Gasteiger partial charge in [-0.1, -0.05) is 51.0 Å². The largest absolute Gasteiger partial charge is 0.352 e. The Bertz CT molecular complexity index is 917. The van der Waals surface area contributed by atoms with Crippen LogP contribution in [0.25, 0.3) is 22.3 Å². The number of benzene rings is 3. The highest BCUT2D eigenvalue weighted by atomic mass is 19.1. The smallest absolute Gasteiger partial charge is 0.251 e. The van der Waals surface area contributed by atoms with E-state index >= 15 is 0 Å². The molecule has 0 aliphatic heterocycles. The van der Waals surface area contributed by atoms with Gasteiger partial charge >= 0.3 is 0 Å². The SMILES string of the molecule is CCCC[C@H](C)CNC(=O)c1cc(-c2ccc(F)cc2)cc(-c2ccc(F)cc2)c1. The summed E-state index contributed by atoms with van der Waals surface area (Å²) in [6.07, 6.45) is 3.36. The van der Waals surface area contributed by atoms with E-state index in [1.807, 2.05) is 18.2 Å². The lowest BCUT2D eigenvalue weighted by Gasteiger charge is -2.14. The first-order chi connectivity index (χ1) is 14.5. The normalized spacial score (nSPS) is 11.9. The summed E-state index contributed by atoms with van der Waals surface area (Å²) in [5.41, 5.74) is 3.76. The molecule has 3 aromatic carbocycles. The predicted molar refractivity (Wildman–Crippen MR) is 118 cm³/mol. The zero-order valence-corrected chi connectivity index (χ0v) is 17.4. The van der Waals surface area contributed by atoms with E-state index in [9.17, 15) is 13.6 Å². The topological polar surface area (TPSA) is 29.1 Å². The Morgan fingerprint density at radius 1 is 0.833 bits per heavy atom. The number of amides is 1. The number of carbonyl (C=O) groups is 1. The predicted octanol–water partition coefficient (Wildman–Crippen LogP) is 6.85. The van der Waals surface area contributed by atoms with Crippen molar-refractivity contribution in [3.8, 4) is 22.3 Å². The Hall–Kier alpha value is -3.01. The lowest BCUT2D eigenvalue weighted by atomic mass is 9.95. The fourth-order valence-corrected chi connectivity index (χ4v) is 3.40. The molecule has 4 heteroatoms. The molecule has 0 heterocycles. The first kappa shape index (κ1) is 21.7. The molecule has 0 spiro atoms. The van der Waals surface area contributed by atoms with Crippen LogP contribution < -0.4 is 5.32 Å². The van der Waals surface area contributed by atoms with Crippen LogP contribution in [-0.4, -0.2) is 12.5 Å². The van der Waals surface area contributed by atoms with Gasteiger partial charge in [0.25, 0.3) is 5.91 Å². The van der Waals surface area contributed by atoms with E-state index in [1.54, 1.807) is 24.3 Å². The number of halogens is 2. The van der Waals surface area contributed by atoms with E-state index in [0.29, 0.717) is 18.0 Å². The summed E-state index contributed by atoms with van der Waals surface area (Å²) in [6, 6.07) is 17.9. The van der Waals surface area contributed by atoms with Gasteiger partial charge in [-0.05, 0) is 77.1 Å². The molecule has 156 valence electrons. The molecule has 1 N–H and O–H groups in total. The number of hydrogen-bond acceptors (Lipinski definition) is 1. The zero-order chi connectivity index (χ0) is 21.5. The van der Waals surface area contributed by atoms with E-state index in [0.717, 1.165) is 41.5 Å². The van der Waals surface area contributed by atoms with Gasteiger partial charge < -0.3 is 5.32 Å². The van der Waals surface area contributed by atoms with Crippen molar-refractivity contribution in [3.05, 3.63) is 83.9 Å². The van der Waals surface area contributed by atoms with Crippen molar-refractivity contribution in [2.24, 2.45) is 5.92 Å². The second kappa shape index (κ2) is 10.1.